The Morgan fingerprint density at radius 1 is 0.826 bits per heavy atom. The highest BCUT2D eigenvalue weighted by Crippen LogP contribution is 2.25. The molecule has 0 aromatic rings. The molecule has 0 unspecified atom stereocenters. The Morgan fingerprint density at radius 3 is 1.83 bits per heavy atom. The molecule has 0 rings (SSSR count). The predicted octanol–water partition coefficient (Wildman–Crippen LogP) is 5.78. The van der Waals surface area contributed by atoms with Gasteiger partial charge in [0.2, 0.25) is 0 Å². The Morgan fingerprint density at radius 2 is 1.30 bits per heavy atom. The topological polar surface area (TPSA) is 66.8 Å². The molecular formula is C18H35O4P. The summed E-state index contributed by atoms with van der Waals surface area (Å²) in [5.41, 5.74) is 0. The molecule has 0 aliphatic carbocycles. The Bertz CT molecular complexity index is 293. The van der Waals surface area contributed by atoms with Crippen LogP contribution in [0.1, 0.15) is 96.8 Å². The van der Waals surface area contributed by atoms with E-state index in [9.17, 15) is 4.79 Å². The van der Waals surface area contributed by atoms with E-state index in [-0.39, 0.29) is 6.42 Å². The van der Waals surface area contributed by atoms with Crippen molar-refractivity contribution in [1.29, 1.82) is 0 Å². The van der Waals surface area contributed by atoms with Crippen molar-refractivity contribution in [3.63, 3.8) is 0 Å². The second kappa shape index (κ2) is 17.9. The normalized spacial score (nSPS) is 11.5. The van der Waals surface area contributed by atoms with Gasteiger partial charge in [0.15, 0.2) is 0 Å². The van der Waals surface area contributed by atoms with Gasteiger partial charge in [-0.2, -0.15) is 0 Å². The van der Waals surface area contributed by atoms with E-state index in [2.05, 4.69) is 23.6 Å². The summed E-state index contributed by atoms with van der Waals surface area (Å²) in [6.45, 7) is 2.25. The van der Waals surface area contributed by atoms with Gasteiger partial charge in [-0.1, -0.05) is 70.4 Å². The molecule has 0 saturated carbocycles. The molecule has 136 valence electrons. The maximum absolute atomic E-state index is 11.1. The summed E-state index contributed by atoms with van der Waals surface area (Å²) in [4.78, 5) is 28.1. The number of hydrogen-bond donors (Lipinski definition) is 2. The van der Waals surface area contributed by atoms with Crippen molar-refractivity contribution in [2.75, 3.05) is 0 Å². The van der Waals surface area contributed by atoms with Crippen molar-refractivity contribution in [1.82, 2.24) is 0 Å². The Labute approximate surface area is 143 Å². The molecule has 0 saturated heterocycles. The summed E-state index contributed by atoms with van der Waals surface area (Å²) in [6, 6.07) is 0. The van der Waals surface area contributed by atoms with Crippen molar-refractivity contribution >= 4 is 14.6 Å². The summed E-state index contributed by atoms with van der Waals surface area (Å²) in [5.74, 6) is -0.515. The van der Waals surface area contributed by atoms with Crippen molar-refractivity contribution in [3.8, 4) is 0 Å². The van der Waals surface area contributed by atoms with Gasteiger partial charge in [0.05, 0.1) is 0 Å². The summed E-state index contributed by atoms with van der Waals surface area (Å²) >= 11 is 0. The lowest BCUT2D eigenvalue weighted by atomic mass is 10.1. The minimum absolute atomic E-state index is 0.276. The number of hydrogen-bond acceptors (Lipinski definition) is 4. The smallest absolute Gasteiger partial charge is 0.393 e. The van der Waals surface area contributed by atoms with E-state index >= 15 is 0 Å². The van der Waals surface area contributed by atoms with E-state index in [4.69, 9.17) is 9.79 Å². The maximum atomic E-state index is 11.1. The van der Waals surface area contributed by atoms with Gasteiger partial charge < -0.3 is 14.3 Å². The molecule has 0 bridgehead atoms. The van der Waals surface area contributed by atoms with Crippen LogP contribution in [0.4, 0.5) is 0 Å². The fraction of sp³-hybridized carbons (Fsp3) is 0.833. The molecule has 0 spiro atoms. The average molecular weight is 346 g/mol. The Balaban J connectivity index is 3.18. The molecular weight excluding hydrogens is 311 g/mol. The third-order valence-electron chi connectivity index (χ3n) is 3.83. The van der Waals surface area contributed by atoms with Crippen LogP contribution < -0.4 is 0 Å². The SMILES string of the molecule is CCCCCCCC/C=C\CCCCCCCC(=O)OP(O)O. The highest BCUT2D eigenvalue weighted by atomic mass is 31.2. The average Bonchev–Trinajstić information content (AvgIpc) is 2.50. The lowest BCUT2D eigenvalue weighted by Gasteiger charge is -2.03. The van der Waals surface area contributed by atoms with Gasteiger partial charge >= 0.3 is 14.6 Å². The molecule has 0 aromatic carbocycles. The molecule has 2 N–H and O–H groups in total. The van der Waals surface area contributed by atoms with E-state index in [0.29, 0.717) is 0 Å². The van der Waals surface area contributed by atoms with Gasteiger partial charge in [0, 0.05) is 6.42 Å². The van der Waals surface area contributed by atoms with Crippen LogP contribution in [0.5, 0.6) is 0 Å². The molecule has 0 amide bonds. The molecule has 0 fully saturated rings. The summed E-state index contributed by atoms with van der Waals surface area (Å²) in [5, 5.41) is 0. The third kappa shape index (κ3) is 19.5. The summed E-state index contributed by atoms with van der Waals surface area (Å²) in [6.07, 6.45) is 20.7. The number of carbonyl (C=O) groups excluding carboxylic acids is 1. The van der Waals surface area contributed by atoms with E-state index < -0.39 is 14.6 Å². The zero-order valence-corrected chi connectivity index (χ0v) is 15.6. The van der Waals surface area contributed by atoms with Crippen LogP contribution in [0.15, 0.2) is 12.2 Å². The predicted molar refractivity (Wildman–Crippen MR) is 96.9 cm³/mol. The first-order valence-electron chi connectivity index (χ1n) is 9.20. The first-order valence-corrected chi connectivity index (χ1v) is 10.4. The molecule has 5 heteroatoms. The lowest BCUT2D eigenvalue weighted by molar-refractivity contribution is -0.134. The van der Waals surface area contributed by atoms with Crippen LogP contribution in [0, 0.1) is 0 Å². The molecule has 0 atom stereocenters. The van der Waals surface area contributed by atoms with Crippen molar-refractivity contribution in [3.05, 3.63) is 12.2 Å². The molecule has 23 heavy (non-hydrogen) atoms. The minimum atomic E-state index is -2.54. The standard InChI is InChI=1S/C18H35O4P/c1-2-3-4-5-6-7-8-9-10-11-12-13-14-15-16-17-18(19)22-23(20)21/h9-10,20-21H,2-8,11-17H2,1H3/b10-9-. The first kappa shape index (κ1) is 22.6. The summed E-state index contributed by atoms with van der Waals surface area (Å²) < 4.78 is 4.30. The second-order valence-corrected chi connectivity index (χ2v) is 6.74. The van der Waals surface area contributed by atoms with Crippen LogP contribution in [0.25, 0.3) is 0 Å². The zero-order valence-electron chi connectivity index (χ0n) is 14.7. The lowest BCUT2D eigenvalue weighted by Crippen LogP contribution is -1.99. The fourth-order valence-corrected chi connectivity index (χ4v) is 2.75. The van der Waals surface area contributed by atoms with Crippen molar-refractivity contribution in [2.45, 2.75) is 96.8 Å². The van der Waals surface area contributed by atoms with Gasteiger partial charge in [0.1, 0.15) is 0 Å². The maximum Gasteiger partial charge on any atom is 0.393 e. The van der Waals surface area contributed by atoms with E-state index in [1.807, 2.05) is 0 Å². The monoisotopic (exact) mass is 346 g/mol. The Kier molecular flexibility index (Phi) is 17.6. The highest BCUT2D eigenvalue weighted by Gasteiger charge is 2.08. The molecule has 0 aliphatic heterocycles. The zero-order chi connectivity index (χ0) is 17.2. The van der Waals surface area contributed by atoms with Gasteiger partial charge in [0.25, 0.3) is 0 Å². The van der Waals surface area contributed by atoms with Crippen molar-refractivity contribution < 1.29 is 19.1 Å². The third-order valence-corrected chi connectivity index (χ3v) is 4.19. The quantitative estimate of drug-likeness (QED) is 0.211. The van der Waals surface area contributed by atoms with Crippen LogP contribution >= 0.6 is 8.60 Å². The van der Waals surface area contributed by atoms with Crippen LogP contribution in [-0.2, 0) is 9.32 Å². The van der Waals surface area contributed by atoms with Crippen molar-refractivity contribution in [2.24, 2.45) is 0 Å². The largest absolute Gasteiger partial charge is 0.394 e. The van der Waals surface area contributed by atoms with Gasteiger partial charge in [-0.05, 0) is 32.1 Å². The van der Waals surface area contributed by atoms with Gasteiger partial charge in [-0.3, -0.25) is 4.79 Å². The first-order chi connectivity index (χ1) is 11.2. The van der Waals surface area contributed by atoms with Gasteiger partial charge in [-0.15, -0.1) is 0 Å². The van der Waals surface area contributed by atoms with Crippen LogP contribution in [0.2, 0.25) is 0 Å². The molecule has 0 radical (unpaired) electrons. The van der Waals surface area contributed by atoms with E-state index in [0.717, 1.165) is 25.7 Å². The fourth-order valence-electron chi connectivity index (χ4n) is 2.48. The van der Waals surface area contributed by atoms with E-state index in [1.54, 1.807) is 0 Å². The highest BCUT2D eigenvalue weighted by molar-refractivity contribution is 7.40. The van der Waals surface area contributed by atoms with Crippen LogP contribution in [0.3, 0.4) is 0 Å². The van der Waals surface area contributed by atoms with Gasteiger partial charge in [-0.25, -0.2) is 0 Å². The number of rotatable bonds is 16. The molecule has 0 heterocycles. The number of unbranched alkanes of at least 4 members (excludes halogenated alkanes) is 11. The molecule has 0 aliphatic rings. The molecule has 0 aromatic heterocycles. The van der Waals surface area contributed by atoms with E-state index in [1.165, 1.54) is 57.8 Å². The van der Waals surface area contributed by atoms with Crippen LogP contribution in [-0.4, -0.2) is 15.8 Å². The Hall–Kier alpha value is -0.440. The molecule has 4 nitrogen and oxygen atoms in total. The minimum Gasteiger partial charge on any atom is -0.394 e. The second-order valence-electron chi connectivity index (χ2n) is 6.05. The number of allylic oxidation sites excluding steroid dienone is 2. The number of carbonyl (C=O) groups is 1. The summed E-state index contributed by atoms with van der Waals surface area (Å²) in [7, 11) is -2.54.